The molecule has 9 nitrogen and oxygen atoms in total. The lowest BCUT2D eigenvalue weighted by molar-refractivity contribution is -0.0120. The number of nitrogens with one attached hydrogen (secondary N) is 1. The zero-order chi connectivity index (χ0) is 29.2. The summed E-state index contributed by atoms with van der Waals surface area (Å²) in [5, 5.41) is 23.0. The number of H-pyrrole nitrogens is 1. The van der Waals surface area contributed by atoms with Gasteiger partial charge in [0.2, 0.25) is 0 Å². The van der Waals surface area contributed by atoms with E-state index in [-0.39, 0.29) is 17.4 Å². The topological polar surface area (TPSA) is 129 Å². The SMILES string of the molecule is CC(C)(C)c1ccc2[nH]c(CC[C@H]3C[C@@H](N(CC4CC4)C[C@H]4C[C@@H](n5ccc6c(N)ncnc65)[C@H](O)[C@@H]4O)C3)nc2c1. The van der Waals surface area contributed by atoms with Gasteiger partial charge in [-0.2, -0.15) is 0 Å². The molecule has 0 bridgehead atoms. The standard InChI is InChI=1S/C33H45N7O2/c1-33(2,3)22-7-8-25-26(15-22)38-28(37-25)9-6-20-12-23(13-20)39(16-19-4-5-19)17-21-14-27(30(42)29(21)41)40-11-10-24-31(34)35-18-36-32(24)40/h7-8,10-11,15,18-21,23,27,29-30,41-42H,4-6,9,12-14,16-17H2,1-3H3,(H,37,38)(H2,34,35,36)/t20-,21-,23+,27-,29-,30+/m1/s1. The fourth-order valence-corrected chi connectivity index (χ4v) is 7.34. The quantitative estimate of drug-likeness (QED) is 0.231. The monoisotopic (exact) mass is 571 g/mol. The molecule has 9 heteroatoms. The molecule has 0 aliphatic heterocycles. The number of hydrogen-bond acceptors (Lipinski definition) is 7. The summed E-state index contributed by atoms with van der Waals surface area (Å²) in [5.41, 5.74) is 10.4. The molecule has 3 heterocycles. The number of aliphatic hydroxyl groups excluding tert-OH is 2. The molecule has 1 aromatic carbocycles. The number of anilines is 1. The molecule has 5 N–H and O–H groups in total. The number of aliphatic hydroxyl groups is 2. The smallest absolute Gasteiger partial charge is 0.145 e. The molecule has 3 fully saturated rings. The van der Waals surface area contributed by atoms with Crippen LogP contribution >= 0.6 is 0 Å². The average Bonchev–Trinajstić information content (AvgIpc) is 3.37. The van der Waals surface area contributed by atoms with Gasteiger partial charge < -0.3 is 25.5 Å². The first-order valence-electron chi connectivity index (χ1n) is 15.8. The first-order valence-corrected chi connectivity index (χ1v) is 15.8. The van der Waals surface area contributed by atoms with Gasteiger partial charge in [-0.15, -0.1) is 0 Å². The predicted molar refractivity (Wildman–Crippen MR) is 165 cm³/mol. The molecule has 224 valence electrons. The van der Waals surface area contributed by atoms with Gasteiger partial charge in [-0.1, -0.05) is 26.8 Å². The van der Waals surface area contributed by atoms with Crippen molar-refractivity contribution in [3.8, 4) is 0 Å². The van der Waals surface area contributed by atoms with E-state index in [2.05, 4.69) is 58.8 Å². The van der Waals surface area contributed by atoms with E-state index < -0.39 is 12.2 Å². The number of aromatic amines is 1. The number of imidazole rings is 1. The Morgan fingerprint density at radius 2 is 1.83 bits per heavy atom. The summed E-state index contributed by atoms with van der Waals surface area (Å²) in [6, 6.07) is 8.84. The normalized spacial score (nSPS) is 28.2. The van der Waals surface area contributed by atoms with E-state index in [0.29, 0.717) is 17.8 Å². The maximum absolute atomic E-state index is 11.2. The van der Waals surface area contributed by atoms with Crippen molar-refractivity contribution in [3.05, 3.63) is 48.2 Å². The fraction of sp³-hybridized carbons (Fsp3) is 0.606. The van der Waals surface area contributed by atoms with Gasteiger partial charge in [-0.25, -0.2) is 15.0 Å². The van der Waals surface area contributed by atoms with Crippen molar-refractivity contribution in [2.75, 3.05) is 18.8 Å². The van der Waals surface area contributed by atoms with E-state index in [9.17, 15) is 10.2 Å². The molecule has 4 atom stereocenters. The third-order valence-electron chi connectivity index (χ3n) is 10.2. The number of aromatic nitrogens is 5. The van der Waals surface area contributed by atoms with Crippen LogP contribution in [0, 0.1) is 17.8 Å². The molecule has 0 saturated heterocycles. The lowest BCUT2D eigenvalue weighted by atomic mass is 9.76. The van der Waals surface area contributed by atoms with Gasteiger partial charge in [-0.05, 0) is 79.5 Å². The Labute approximate surface area is 247 Å². The molecule has 7 rings (SSSR count). The largest absolute Gasteiger partial charge is 0.390 e. The third-order valence-corrected chi connectivity index (χ3v) is 10.2. The van der Waals surface area contributed by atoms with E-state index in [0.717, 1.165) is 66.2 Å². The zero-order valence-corrected chi connectivity index (χ0v) is 25.1. The lowest BCUT2D eigenvalue weighted by Gasteiger charge is -2.44. The predicted octanol–water partition coefficient (Wildman–Crippen LogP) is 4.59. The number of aryl methyl sites for hydroxylation is 1. The van der Waals surface area contributed by atoms with E-state index in [1.807, 2.05) is 16.8 Å². The Kier molecular flexibility index (Phi) is 7.02. The van der Waals surface area contributed by atoms with Crippen LogP contribution in [0.2, 0.25) is 0 Å². The fourth-order valence-electron chi connectivity index (χ4n) is 7.34. The van der Waals surface area contributed by atoms with E-state index in [1.54, 1.807) is 0 Å². The van der Waals surface area contributed by atoms with E-state index in [1.165, 1.54) is 37.6 Å². The number of hydrogen-bond donors (Lipinski definition) is 4. The van der Waals surface area contributed by atoms with Gasteiger partial charge in [0, 0.05) is 37.7 Å². The maximum atomic E-state index is 11.2. The maximum Gasteiger partial charge on any atom is 0.145 e. The van der Waals surface area contributed by atoms with E-state index >= 15 is 0 Å². The zero-order valence-electron chi connectivity index (χ0n) is 25.1. The van der Waals surface area contributed by atoms with Crippen molar-refractivity contribution in [1.82, 2.24) is 29.4 Å². The van der Waals surface area contributed by atoms with Crippen LogP contribution in [0.3, 0.4) is 0 Å². The molecular weight excluding hydrogens is 526 g/mol. The first kappa shape index (κ1) is 27.8. The van der Waals surface area contributed by atoms with E-state index in [4.69, 9.17) is 10.7 Å². The number of benzene rings is 1. The molecule has 3 aromatic heterocycles. The molecule has 3 saturated carbocycles. The van der Waals surface area contributed by atoms with Gasteiger partial charge in [0.15, 0.2) is 0 Å². The van der Waals surface area contributed by atoms with Gasteiger partial charge >= 0.3 is 0 Å². The highest BCUT2D eigenvalue weighted by molar-refractivity contribution is 5.86. The van der Waals surface area contributed by atoms with Gasteiger partial charge in [0.05, 0.1) is 28.6 Å². The summed E-state index contributed by atoms with van der Waals surface area (Å²) < 4.78 is 1.98. The van der Waals surface area contributed by atoms with Crippen LogP contribution in [0.4, 0.5) is 5.82 Å². The molecule has 0 amide bonds. The van der Waals surface area contributed by atoms with Crippen molar-refractivity contribution in [1.29, 1.82) is 0 Å². The lowest BCUT2D eigenvalue weighted by Crippen LogP contribution is -2.48. The third kappa shape index (κ3) is 5.31. The number of nitrogens with zero attached hydrogens (tertiary/aromatic N) is 5. The summed E-state index contributed by atoms with van der Waals surface area (Å²) in [6.07, 6.45) is 9.67. The first-order chi connectivity index (χ1) is 20.1. The van der Waals surface area contributed by atoms with Crippen LogP contribution in [0.25, 0.3) is 22.1 Å². The number of fused-ring (bicyclic) bond motifs is 2. The van der Waals surface area contributed by atoms with Crippen molar-refractivity contribution in [2.24, 2.45) is 17.8 Å². The molecule has 3 aliphatic carbocycles. The van der Waals surface area contributed by atoms with Crippen molar-refractivity contribution in [2.45, 2.75) is 95.4 Å². The second kappa shape index (κ2) is 10.6. The Balaban J connectivity index is 0.971. The molecule has 0 radical (unpaired) electrons. The van der Waals surface area contributed by atoms with Crippen LogP contribution in [0.1, 0.15) is 76.7 Å². The molecule has 42 heavy (non-hydrogen) atoms. The van der Waals surface area contributed by atoms with Crippen LogP contribution in [-0.2, 0) is 11.8 Å². The average molecular weight is 572 g/mol. The van der Waals surface area contributed by atoms with Crippen LogP contribution in [-0.4, -0.2) is 71.0 Å². The number of rotatable bonds is 9. The molecule has 0 unspecified atom stereocenters. The summed E-state index contributed by atoms with van der Waals surface area (Å²) in [6.45, 7) is 8.66. The van der Waals surface area contributed by atoms with Crippen molar-refractivity contribution in [3.63, 3.8) is 0 Å². The second-order valence-corrected chi connectivity index (χ2v) is 14.4. The van der Waals surface area contributed by atoms with Gasteiger partial charge in [0.25, 0.3) is 0 Å². The molecule has 4 aromatic rings. The van der Waals surface area contributed by atoms with Gasteiger partial charge in [-0.3, -0.25) is 4.90 Å². The minimum absolute atomic E-state index is 0.0213. The minimum Gasteiger partial charge on any atom is -0.390 e. The van der Waals surface area contributed by atoms with Crippen LogP contribution in [0.15, 0.2) is 36.8 Å². The summed E-state index contributed by atoms with van der Waals surface area (Å²) in [7, 11) is 0. The molecular formula is C33H45N7O2. The highest BCUT2D eigenvalue weighted by atomic mass is 16.3. The van der Waals surface area contributed by atoms with Gasteiger partial charge in [0.1, 0.15) is 29.7 Å². The van der Waals surface area contributed by atoms with Crippen LogP contribution < -0.4 is 5.73 Å². The Hall–Kier alpha value is -3.01. The highest BCUT2D eigenvalue weighted by Crippen LogP contribution is 2.42. The van der Waals surface area contributed by atoms with Crippen molar-refractivity contribution < 1.29 is 10.2 Å². The molecule has 0 spiro atoms. The molecule has 3 aliphatic rings. The highest BCUT2D eigenvalue weighted by Gasteiger charge is 2.45. The number of nitrogens with two attached hydrogens (primary N) is 1. The second-order valence-electron chi connectivity index (χ2n) is 14.4. The Morgan fingerprint density at radius 3 is 2.60 bits per heavy atom. The summed E-state index contributed by atoms with van der Waals surface area (Å²) in [5.74, 6) is 3.04. The Morgan fingerprint density at radius 1 is 1.02 bits per heavy atom. The minimum atomic E-state index is -0.831. The summed E-state index contributed by atoms with van der Waals surface area (Å²) >= 11 is 0. The summed E-state index contributed by atoms with van der Waals surface area (Å²) in [4.78, 5) is 19.6. The Bertz CT molecular complexity index is 1560. The van der Waals surface area contributed by atoms with Crippen LogP contribution in [0.5, 0.6) is 0 Å². The van der Waals surface area contributed by atoms with Crippen molar-refractivity contribution >= 4 is 27.9 Å². The number of nitrogen functional groups attached to an aromatic ring is 1.